The first kappa shape index (κ1) is 18.8. The van der Waals surface area contributed by atoms with E-state index in [4.69, 9.17) is 5.73 Å². The Labute approximate surface area is 158 Å². The topological polar surface area (TPSA) is 72.2 Å². The van der Waals surface area contributed by atoms with Crippen LogP contribution >= 0.6 is 23.1 Å². The van der Waals surface area contributed by atoms with Crippen LogP contribution in [-0.4, -0.2) is 17.6 Å². The lowest BCUT2D eigenvalue weighted by Crippen LogP contribution is -2.20. The molecule has 1 heterocycles. The van der Waals surface area contributed by atoms with Gasteiger partial charge in [0.25, 0.3) is 5.91 Å². The molecule has 3 N–H and O–H groups in total. The van der Waals surface area contributed by atoms with Crippen LogP contribution in [0.5, 0.6) is 0 Å². The molecule has 26 heavy (non-hydrogen) atoms. The van der Waals surface area contributed by atoms with Gasteiger partial charge in [0.15, 0.2) is 0 Å². The third kappa shape index (κ3) is 4.07. The minimum atomic E-state index is -0.581. The van der Waals surface area contributed by atoms with Crippen molar-refractivity contribution in [3.8, 4) is 0 Å². The third-order valence-electron chi connectivity index (χ3n) is 4.26. The lowest BCUT2D eigenvalue weighted by molar-refractivity contribution is -0.113. The van der Waals surface area contributed by atoms with Crippen molar-refractivity contribution >= 4 is 39.9 Å². The van der Waals surface area contributed by atoms with E-state index in [1.165, 1.54) is 11.3 Å². The number of hydrogen-bond acceptors (Lipinski definition) is 4. The van der Waals surface area contributed by atoms with Gasteiger partial charge >= 0.3 is 0 Å². The lowest BCUT2D eigenvalue weighted by atomic mass is 9.88. The minimum absolute atomic E-state index is 0.0644. The molecular formula is C18H18F2N2O2S2. The van der Waals surface area contributed by atoms with Crippen LogP contribution in [0.2, 0.25) is 0 Å². The monoisotopic (exact) mass is 396 g/mol. The van der Waals surface area contributed by atoms with Crippen molar-refractivity contribution in [3.05, 3.63) is 45.8 Å². The molecule has 0 saturated heterocycles. The van der Waals surface area contributed by atoms with Gasteiger partial charge in [0.1, 0.15) is 16.6 Å². The highest BCUT2D eigenvalue weighted by Gasteiger charge is 2.27. The van der Waals surface area contributed by atoms with Gasteiger partial charge in [0.05, 0.1) is 11.3 Å². The average molecular weight is 396 g/mol. The summed E-state index contributed by atoms with van der Waals surface area (Å²) in [6, 6.07) is 3.10. The van der Waals surface area contributed by atoms with E-state index in [0.29, 0.717) is 16.5 Å². The van der Waals surface area contributed by atoms with Crippen molar-refractivity contribution in [3.63, 3.8) is 0 Å². The summed E-state index contributed by atoms with van der Waals surface area (Å²) in [6.45, 7) is 2.15. The molecule has 0 bridgehead atoms. The molecular weight excluding hydrogens is 378 g/mol. The molecule has 4 nitrogen and oxygen atoms in total. The van der Waals surface area contributed by atoms with Gasteiger partial charge in [0.2, 0.25) is 5.91 Å². The van der Waals surface area contributed by atoms with Crippen molar-refractivity contribution in [2.24, 2.45) is 11.7 Å². The second-order valence-corrected chi connectivity index (χ2v) is 8.45. The molecule has 0 aliphatic heterocycles. The normalized spacial score (nSPS) is 16.2. The second-order valence-electron chi connectivity index (χ2n) is 6.33. The Kier molecular flexibility index (Phi) is 5.62. The van der Waals surface area contributed by atoms with Gasteiger partial charge < -0.3 is 11.1 Å². The largest absolute Gasteiger partial charge is 0.365 e. The van der Waals surface area contributed by atoms with E-state index in [-0.39, 0.29) is 10.6 Å². The highest BCUT2D eigenvalue weighted by molar-refractivity contribution is 8.00. The highest BCUT2D eigenvalue weighted by atomic mass is 32.2. The van der Waals surface area contributed by atoms with E-state index in [2.05, 4.69) is 12.2 Å². The van der Waals surface area contributed by atoms with Crippen LogP contribution in [0.1, 0.15) is 34.1 Å². The number of rotatable bonds is 5. The zero-order chi connectivity index (χ0) is 18.8. The van der Waals surface area contributed by atoms with Gasteiger partial charge in [-0.1, -0.05) is 6.92 Å². The lowest BCUT2D eigenvalue weighted by Gasteiger charge is -2.18. The predicted molar refractivity (Wildman–Crippen MR) is 99.7 cm³/mol. The molecule has 2 amide bonds. The maximum absolute atomic E-state index is 13.6. The van der Waals surface area contributed by atoms with Crippen LogP contribution in [0.3, 0.4) is 0 Å². The van der Waals surface area contributed by atoms with Gasteiger partial charge in [-0.3, -0.25) is 9.59 Å². The summed E-state index contributed by atoms with van der Waals surface area (Å²) in [7, 11) is 0. The van der Waals surface area contributed by atoms with Crippen molar-refractivity contribution in [1.82, 2.24) is 0 Å². The Morgan fingerprint density at radius 3 is 2.88 bits per heavy atom. The number of nitrogens with one attached hydrogen (secondary N) is 1. The number of primary amides is 1. The summed E-state index contributed by atoms with van der Waals surface area (Å²) in [5.41, 5.74) is 6.83. The zero-order valence-electron chi connectivity index (χ0n) is 14.1. The van der Waals surface area contributed by atoms with E-state index in [9.17, 15) is 18.4 Å². The number of nitrogens with two attached hydrogens (primary N) is 1. The van der Waals surface area contributed by atoms with Crippen LogP contribution in [-0.2, 0) is 17.6 Å². The smallest absolute Gasteiger partial charge is 0.251 e. The van der Waals surface area contributed by atoms with Gasteiger partial charge in [-0.25, -0.2) is 8.78 Å². The first-order valence-electron chi connectivity index (χ1n) is 8.17. The van der Waals surface area contributed by atoms with Gasteiger partial charge in [-0.05, 0) is 48.9 Å². The number of carbonyl (C=O) groups excluding carboxylic acids is 2. The quantitative estimate of drug-likeness (QED) is 0.751. The molecule has 1 atom stereocenters. The molecule has 0 unspecified atom stereocenters. The van der Waals surface area contributed by atoms with Crippen molar-refractivity contribution in [1.29, 1.82) is 0 Å². The number of thiophene rings is 1. The Balaban J connectivity index is 1.73. The predicted octanol–water partition coefficient (Wildman–Crippen LogP) is 3.98. The average Bonchev–Trinajstić information content (AvgIpc) is 2.92. The molecule has 0 saturated carbocycles. The van der Waals surface area contributed by atoms with Crippen molar-refractivity contribution in [2.75, 3.05) is 11.1 Å². The van der Waals surface area contributed by atoms with E-state index >= 15 is 0 Å². The van der Waals surface area contributed by atoms with Gasteiger partial charge in [-0.15, -0.1) is 23.1 Å². The number of hydrogen-bond donors (Lipinski definition) is 2. The fourth-order valence-electron chi connectivity index (χ4n) is 2.99. The van der Waals surface area contributed by atoms with Crippen LogP contribution in [0.15, 0.2) is 23.1 Å². The Morgan fingerprint density at radius 2 is 2.15 bits per heavy atom. The first-order chi connectivity index (χ1) is 12.3. The number of halogens is 2. The van der Waals surface area contributed by atoms with E-state index < -0.39 is 23.4 Å². The van der Waals surface area contributed by atoms with Gasteiger partial charge in [-0.2, -0.15) is 0 Å². The summed E-state index contributed by atoms with van der Waals surface area (Å²) in [6.07, 6.45) is 2.61. The van der Waals surface area contributed by atoms with Crippen LogP contribution < -0.4 is 11.1 Å². The first-order valence-corrected chi connectivity index (χ1v) is 9.97. The third-order valence-corrected chi connectivity index (χ3v) is 6.46. The van der Waals surface area contributed by atoms with Crippen LogP contribution in [0.25, 0.3) is 0 Å². The fourth-order valence-corrected chi connectivity index (χ4v) is 5.19. The SMILES string of the molecule is C[C@H]1CCc2c(sc(NC(=O)CSc3cc(F)ccc3F)c2C(N)=O)C1. The Bertz CT molecular complexity index is 867. The molecule has 1 aromatic heterocycles. The Morgan fingerprint density at radius 1 is 1.38 bits per heavy atom. The van der Waals surface area contributed by atoms with Crippen molar-refractivity contribution in [2.45, 2.75) is 31.1 Å². The molecule has 0 fully saturated rings. The molecule has 0 spiro atoms. The van der Waals surface area contributed by atoms with Crippen LogP contribution in [0, 0.1) is 17.6 Å². The maximum atomic E-state index is 13.6. The summed E-state index contributed by atoms with van der Waals surface area (Å²) < 4.78 is 26.8. The minimum Gasteiger partial charge on any atom is -0.365 e. The standard InChI is InChI=1S/C18H18F2N2O2S2/c1-9-2-4-11-13(6-9)26-18(16(11)17(21)24)22-15(23)8-25-14-7-10(19)3-5-12(14)20/h3,5,7,9H,2,4,6,8H2,1H3,(H2,21,24)(H,22,23)/t9-/m0/s1. The number of fused-ring (bicyclic) bond motifs is 1. The van der Waals surface area contributed by atoms with E-state index in [1.807, 2.05) is 0 Å². The number of thioether (sulfide) groups is 1. The molecule has 8 heteroatoms. The van der Waals surface area contributed by atoms with E-state index in [0.717, 1.165) is 59.7 Å². The molecule has 1 aliphatic carbocycles. The van der Waals surface area contributed by atoms with Crippen LogP contribution in [0.4, 0.5) is 13.8 Å². The number of amides is 2. The number of carbonyl (C=O) groups is 2. The molecule has 138 valence electrons. The van der Waals surface area contributed by atoms with Gasteiger partial charge in [0, 0.05) is 9.77 Å². The molecule has 2 aromatic rings. The molecule has 0 radical (unpaired) electrons. The Hall–Kier alpha value is -1.93. The van der Waals surface area contributed by atoms with E-state index in [1.54, 1.807) is 0 Å². The number of benzene rings is 1. The molecule has 3 rings (SSSR count). The summed E-state index contributed by atoms with van der Waals surface area (Å²) in [5, 5.41) is 3.16. The number of anilines is 1. The summed E-state index contributed by atoms with van der Waals surface area (Å²) in [5.74, 6) is -1.67. The summed E-state index contributed by atoms with van der Waals surface area (Å²) >= 11 is 2.27. The molecule has 1 aliphatic rings. The second kappa shape index (κ2) is 7.75. The summed E-state index contributed by atoms with van der Waals surface area (Å²) in [4.78, 5) is 25.2. The highest BCUT2D eigenvalue weighted by Crippen LogP contribution is 2.39. The van der Waals surface area contributed by atoms with Crippen molar-refractivity contribution < 1.29 is 18.4 Å². The maximum Gasteiger partial charge on any atom is 0.251 e. The fraction of sp³-hybridized carbons (Fsp3) is 0.333. The molecule has 1 aromatic carbocycles. The zero-order valence-corrected chi connectivity index (χ0v) is 15.7.